The molecule has 0 N–H and O–H groups in total. The number of carbonyl (C=O) groups is 1. The van der Waals surface area contributed by atoms with E-state index < -0.39 is 0 Å². The first kappa shape index (κ1) is 17.2. The number of nitrogens with zero attached hydrogens (tertiary/aromatic N) is 5. The molecule has 2 heterocycles. The number of aryl methyl sites for hydroxylation is 3. The van der Waals surface area contributed by atoms with Crippen molar-refractivity contribution in [2.75, 3.05) is 26.2 Å². The van der Waals surface area contributed by atoms with Crippen LogP contribution in [-0.2, 0) is 31.1 Å². The zero-order chi connectivity index (χ0) is 17.9. The van der Waals surface area contributed by atoms with Crippen LogP contribution in [0.25, 0.3) is 0 Å². The van der Waals surface area contributed by atoms with E-state index in [0.29, 0.717) is 18.9 Å². The lowest BCUT2D eigenvalue weighted by atomic mass is 9.87. The molecule has 0 bridgehead atoms. The predicted octanol–water partition coefficient (Wildman–Crippen LogP) is 1.45. The van der Waals surface area contributed by atoms with Crippen LogP contribution >= 0.6 is 0 Å². The van der Waals surface area contributed by atoms with Gasteiger partial charge < -0.3 is 9.47 Å². The van der Waals surface area contributed by atoms with Gasteiger partial charge in [-0.2, -0.15) is 0 Å². The zero-order valence-corrected chi connectivity index (χ0v) is 15.5. The van der Waals surface area contributed by atoms with Gasteiger partial charge in [-0.25, -0.2) is 0 Å². The summed E-state index contributed by atoms with van der Waals surface area (Å²) >= 11 is 0. The standard InChI is InChI=1S/C20H27N5O/c1-23-15-21-22-19(23)8-9-20(26)25-12-10-24(11-13-25)18-7-6-16-4-2-3-5-17(16)14-18/h2-5,15,18H,6-14H2,1H3. The van der Waals surface area contributed by atoms with Gasteiger partial charge in [-0.05, 0) is 30.4 Å². The van der Waals surface area contributed by atoms with Crippen molar-refractivity contribution in [3.05, 3.63) is 47.5 Å². The maximum Gasteiger partial charge on any atom is 0.223 e. The van der Waals surface area contributed by atoms with E-state index in [2.05, 4.69) is 39.4 Å². The lowest BCUT2D eigenvalue weighted by Gasteiger charge is -2.41. The van der Waals surface area contributed by atoms with Gasteiger partial charge in [-0.1, -0.05) is 24.3 Å². The molecule has 1 aromatic heterocycles. The van der Waals surface area contributed by atoms with Crippen LogP contribution in [0.15, 0.2) is 30.6 Å². The summed E-state index contributed by atoms with van der Waals surface area (Å²) in [6.07, 6.45) is 6.42. The van der Waals surface area contributed by atoms with Gasteiger partial charge in [0.1, 0.15) is 12.2 Å². The largest absolute Gasteiger partial charge is 0.340 e. The second kappa shape index (κ2) is 7.58. The summed E-state index contributed by atoms with van der Waals surface area (Å²) in [4.78, 5) is 17.1. The van der Waals surface area contributed by atoms with Crippen molar-refractivity contribution in [1.82, 2.24) is 24.6 Å². The minimum absolute atomic E-state index is 0.238. The van der Waals surface area contributed by atoms with Crippen molar-refractivity contribution in [3.63, 3.8) is 0 Å². The second-order valence-electron chi connectivity index (χ2n) is 7.44. The average molecular weight is 353 g/mol. The maximum absolute atomic E-state index is 12.5. The van der Waals surface area contributed by atoms with E-state index in [1.54, 1.807) is 6.33 Å². The van der Waals surface area contributed by atoms with Gasteiger partial charge in [0.05, 0.1) is 0 Å². The monoisotopic (exact) mass is 353 g/mol. The van der Waals surface area contributed by atoms with Crippen LogP contribution in [0.1, 0.15) is 29.8 Å². The molecule has 2 aromatic rings. The van der Waals surface area contributed by atoms with Gasteiger partial charge >= 0.3 is 0 Å². The number of hydrogen-bond donors (Lipinski definition) is 0. The highest BCUT2D eigenvalue weighted by atomic mass is 16.2. The van der Waals surface area contributed by atoms with E-state index in [1.165, 1.54) is 24.0 Å². The molecule has 1 aromatic carbocycles. The Hall–Kier alpha value is -2.21. The Morgan fingerprint density at radius 1 is 1.15 bits per heavy atom. The third kappa shape index (κ3) is 3.65. The maximum atomic E-state index is 12.5. The number of hydrogen-bond acceptors (Lipinski definition) is 4. The summed E-state index contributed by atoms with van der Waals surface area (Å²) in [5.41, 5.74) is 3.02. The minimum atomic E-state index is 0.238. The fraction of sp³-hybridized carbons (Fsp3) is 0.550. The van der Waals surface area contributed by atoms with Crippen LogP contribution in [0.5, 0.6) is 0 Å². The van der Waals surface area contributed by atoms with E-state index in [0.717, 1.165) is 38.4 Å². The summed E-state index contributed by atoms with van der Waals surface area (Å²) < 4.78 is 1.88. The lowest BCUT2D eigenvalue weighted by Crippen LogP contribution is -2.53. The first-order chi connectivity index (χ1) is 12.7. The van der Waals surface area contributed by atoms with Crippen molar-refractivity contribution < 1.29 is 4.79 Å². The van der Waals surface area contributed by atoms with Crippen LogP contribution in [0, 0.1) is 0 Å². The molecule has 6 nitrogen and oxygen atoms in total. The quantitative estimate of drug-likeness (QED) is 0.835. The fourth-order valence-electron chi connectivity index (χ4n) is 4.24. The molecule has 1 aliphatic carbocycles. The van der Waals surface area contributed by atoms with Crippen LogP contribution in [0.3, 0.4) is 0 Å². The Morgan fingerprint density at radius 2 is 1.92 bits per heavy atom. The molecule has 0 radical (unpaired) electrons. The zero-order valence-electron chi connectivity index (χ0n) is 15.5. The molecule has 1 atom stereocenters. The van der Waals surface area contributed by atoms with E-state index in [-0.39, 0.29) is 5.91 Å². The van der Waals surface area contributed by atoms with Crippen LogP contribution in [-0.4, -0.2) is 62.7 Å². The van der Waals surface area contributed by atoms with Gasteiger partial charge in [0.25, 0.3) is 0 Å². The van der Waals surface area contributed by atoms with Gasteiger partial charge in [0, 0.05) is 52.1 Å². The van der Waals surface area contributed by atoms with Crippen LogP contribution in [0.2, 0.25) is 0 Å². The summed E-state index contributed by atoms with van der Waals surface area (Å²) in [5.74, 6) is 1.11. The van der Waals surface area contributed by atoms with Crippen molar-refractivity contribution in [2.24, 2.45) is 7.05 Å². The molecular weight excluding hydrogens is 326 g/mol. The molecular formula is C20H27N5O. The van der Waals surface area contributed by atoms with E-state index in [4.69, 9.17) is 0 Å². The molecule has 4 rings (SSSR count). The highest BCUT2D eigenvalue weighted by molar-refractivity contribution is 5.76. The van der Waals surface area contributed by atoms with E-state index in [1.807, 2.05) is 16.5 Å². The Labute approximate surface area is 154 Å². The van der Waals surface area contributed by atoms with Crippen molar-refractivity contribution in [3.8, 4) is 0 Å². The Morgan fingerprint density at radius 3 is 2.65 bits per heavy atom. The SMILES string of the molecule is Cn1cnnc1CCC(=O)N1CCN(C2CCc3ccccc3C2)CC1. The van der Waals surface area contributed by atoms with E-state index in [9.17, 15) is 4.79 Å². The first-order valence-electron chi connectivity index (χ1n) is 9.62. The van der Waals surface area contributed by atoms with Gasteiger partial charge in [0.15, 0.2) is 0 Å². The molecule has 1 unspecified atom stereocenters. The van der Waals surface area contributed by atoms with Gasteiger partial charge in [0.2, 0.25) is 5.91 Å². The Balaban J connectivity index is 1.26. The number of aromatic nitrogens is 3. The van der Waals surface area contributed by atoms with Crippen molar-refractivity contribution in [2.45, 2.75) is 38.1 Å². The second-order valence-corrected chi connectivity index (χ2v) is 7.44. The molecule has 0 spiro atoms. The Bertz CT molecular complexity index is 763. The summed E-state index contributed by atoms with van der Waals surface area (Å²) in [7, 11) is 1.92. The normalized spacial score (nSPS) is 20.8. The highest BCUT2D eigenvalue weighted by Gasteiger charge is 2.28. The molecule has 0 saturated carbocycles. The summed E-state index contributed by atoms with van der Waals surface area (Å²) in [5, 5.41) is 7.93. The topological polar surface area (TPSA) is 54.3 Å². The molecule has 1 aliphatic heterocycles. The fourth-order valence-corrected chi connectivity index (χ4v) is 4.24. The third-order valence-electron chi connectivity index (χ3n) is 5.87. The molecule has 2 aliphatic rings. The number of rotatable bonds is 4. The number of piperazine rings is 1. The summed E-state index contributed by atoms with van der Waals surface area (Å²) in [6.45, 7) is 3.66. The van der Waals surface area contributed by atoms with E-state index >= 15 is 0 Å². The molecule has 26 heavy (non-hydrogen) atoms. The molecule has 138 valence electrons. The van der Waals surface area contributed by atoms with Crippen molar-refractivity contribution >= 4 is 5.91 Å². The van der Waals surface area contributed by atoms with Gasteiger partial charge in [-0.15, -0.1) is 10.2 Å². The number of benzene rings is 1. The molecule has 1 saturated heterocycles. The van der Waals surface area contributed by atoms with Crippen molar-refractivity contribution in [1.29, 1.82) is 0 Å². The molecule has 6 heteroatoms. The molecule has 1 amide bonds. The minimum Gasteiger partial charge on any atom is -0.340 e. The first-order valence-corrected chi connectivity index (χ1v) is 9.62. The smallest absolute Gasteiger partial charge is 0.223 e. The highest BCUT2D eigenvalue weighted by Crippen LogP contribution is 2.25. The summed E-state index contributed by atoms with van der Waals surface area (Å²) in [6, 6.07) is 9.45. The van der Waals surface area contributed by atoms with Gasteiger partial charge in [-0.3, -0.25) is 9.69 Å². The average Bonchev–Trinajstić information content (AvgIpc) is 3.10. The lowest BCUT2D eigenvalue weighted by molar-refractivity contribution is -0.133. The number of amides is 1. The third-order valence-corrected chi connectivity index (χ3v) is 5.87. The van der Waals surface area contributed by atoms with Crippen LogP contribution < -0.4 is 0 Å². The molecule has 1 fully saturated rings. The Kier molecular flexibility index (Phi) is 5.02. The van der Waals surface area contributed by atoms with Crippen LogP contribution in [0.4, 0.5) is 0 Å². The number of fused-ring (bicyclic) bond motifs is 1. The predicted molar refractivity (Wildman–Crippen MR) is 99.7 cm³/mol. The number of carbonyl (C=O) groups excluding carboxylic acids is 1.